The van der Waals surface area contributed by atoms with E-state index < -0.39 is 0 Å². The van der Waals surface area contributed by atoms with E-state index in [2.05, 4.69) is 34.9 Å². The van der Waals surface area contributed by atoms with Crippen LogP contribution in [0.1, 0.15) is 0 Å². The maximum absolute atomic E-state index is 7.13. The summed E-state index contributed by atoms with van der Waals surface area (Å²) in [5.74, 6) is 0. The first-order chi connectivity index (χ1) is 6.78. The SMILES string of the molecule is C=CCn1cc[n+](CC=C)c1.N#C[S-]. The van der Waals surface area contributed by atoms with Crippen LogP contribution in [-0.4, -0.2) is 4.57 Å². The van der Waals surface area contributed by atoms with Crippen LogP contribution in [0.2, 0.25) is 0 Å². The number of nitrogens with zero attached hydrogens (tertiary/aromatic N) is 3. The summed E-state index contributed by atoms with van der Waals surface area (Å²) < 4.78 is 4.13. The number of hydrogen-bond acceptors (Lipinski definition) is 2. The summed E-state index contributed by atoms with van der Waals surface area (Å²) in [6.07, 6.45) is 9.82. The predicted octanol–water partition coefficient (Wildman–Crippen LogP) is 1.16. The molecule has 1 aromatic heterocycles. The van der Waals surface area contributed by atoms with E-state index in [1.54, 1.807) is 0 Å². The number of rotatable bonds is 4. The van der Waals surface area contributed by atoms with Crippen LogP contribution >= 0.6 is 0 Å². The van der Waals surface area contributed by atoms with Crippen molar-refractivity contribution < 1.29 is 4.57 Å². The Bertz CT molecular complexity index is 298. The summed E-state index contributed by atoms with van der Waals surface area (Å²) in [5.41, 5.74) is 0. The standard InChI is InChI=1S/C9H13N2.CHNS/c1-3-5-10-7-8-11(9-10)6-4-2;2-1-3/h3-4,7-9H,1-2,5-6H2;3H/q+1;/p-1. The molecule has 0 spiro atoms. The average molecular weight is 207 g/mol. The van der Waals surface area contributed by atoms with E-state index in [1.807, 2.05) is 30.9 Å². The highest BCUT2D eigenvalue weighted by molar-refractivity contribution is 7.64. The van der Waals surface area contributed by atoms with E-state index in [4.69, 9.17) is 5.26 Å². The summed E-state index contributed by atoms with van der Waals surface area (Å²) in [6, 6.07) is 0. The van der Waals surface area contributed by atoms with Gasteiger partial charge in [-0.2, -0.15) is 0 Å². The molecular weight excluding hydrogens is 194 g/mol. The van der Waals surface area contributed by atoms with Crippen LogP contribution in [-0.2, 0) is 25.7 Å². The van der Waals surface area contributed by atoms with Gasteiger partial charge in [-0.1, -0.05) is 30.7 Å². The van der Waals surface area contributed by atoms with Crippen molar-refractivity contribution in [1.29, 1.82) is 5.26 Å². The Balaban J connectivity index is 0.000000500. The van der Waals surface area contributed by atoms with Gasteiger partial charge >= 0.3 is 0 Å². The molecule has 1 rings (SSSR count). The minimum Gasteiger partial charge on any atom is -0.696 e. The van der Waals surface area contributed by atoms with Crippen molar-refractivity contribution in [2.24, 2.45) is 0 Å². The fourth-order valence-electron chi connectivity index (χ4n) is 0.953. The Hall–Kier alpha value is -1.60. The van der Waals surface area contributed by atoms with E-state index in [9.17, 15) is 0 Å². The molecule has 0 saturated carbocycles. The summed E-state index contributed by atoms with van der Waals surface area (Å²) >= 11 is 3.70. The Morgan fingerprint density at radius 3 is 2.64 bits per heavy atom. The quantitative estimate of drug-likeness (QED) is 0.321. The third-order valence-electron chi connectivity index (χ3n) is 1.43. The second kappa shape index (κ2) is 8.02. The van der Waals surface area contributed by atoms with Crippen molar-refractivity contribution in [3.05, 3.63) is 44.0 Å². The lowest BCUT2D eigenvalue weighted by atomic mass is 10.6. The molecule has 1 aromatic rings. The highest BCUT2D eigenvalue weighted by Crippen LogP contribution is 1.84. The number of aromatic nitrogens is 2. The van der Waals surface area contributed by atoms with E-state index in [-0.39, 0.29) is 0 Å². The first kappa shape index (κ1) is 12.4. The van der Waals surface area contributed by atoms with Crippen LogP contribution in [0.3, 0.4) is 0 Å². The van der Waals surface area contributed by atoms with Gasteiger partial charge in [0, 0.05) is 0 Å². The highest BCUT2D eigenvalue weighted by atomic mass is 32.1. The normalized spacial score (nSPS) is 7.93. The summed E-state index contributed by atoms with van der Waals surface area (Å²) in [6.45, 7) is 9.05. The van der Waals surface area contributed by atoms with Crippen LogP contribution in [0.5, 0.6) is 0 Å². The van der Waals surface area contributed by atoms with Gasteiger partial charge < -0.3 is 12.6 Å². The second-order valence-corrected chi connectivity index (χ2v) is 2.66. The summed E-state index contributed by atoms with van der Waals surface area (Å²) in [4.78, 5) is 0. The Morgan fingerprint density at radius 1 is 1.50 bits per heavy atom. The Labute approximate surface area is 90.0 Å². The molecular formula is C10H13N3S. The molecule has 0 atom stereocenters. The highest BCUT2D eigenvalue weighted by Gasteiger charge is 1.97. The third kappa shape index (κ3) is 5.12. The topological polar surface area (TPSA) is 32.6 Å². The van der Waals surface area contributed by atoms with Gasteiger partial charge in [0.1, 0.15) is 25.5 Å². The van der Waals surface area contributed by atoms with E-state index >= 15 is 0 Å². The van der Waals surface area contributed by atoms with Crippen molar-refractivity contribution in [2.75, 3.05) is 0 Å². The van der Waals surface area contributed by atoms with Crippen LogP contribution in [0.15, 0.2) is 44.0 Å². The van der Waals surface area contributed by atoms with Gasteiger partial charge in [-0.3, -0.25) is 0 Å². The van der Waals surface area contributed by atoms with Gasteiger partial charge in [0.05, 0.1) is 0 Å². The average Bonchev–Trinajstić information content (AvgIpc) is 2.55. The lowest BCUT2D eigenvalue weighted by Crippen LogP contribution is -2.29. The summed E-state index contributed by atoms with van der Waals surface area (Å²) in [5, 5.41) is 8.47. The van der Waals surface area contributed by atoms with Gasteiger partial charge in [-0.25, -0.2) is 14.4 Å². The number of thiocyanates is 1. The predicted molar refractivity (Wildman–Crippen MR) is 58.0 cm³/mol. The van der Waals surface area contributed by atoms with Gasteiger partial charge in [0.15, 0.2) is 0 Å². The molecule has 0 bridgehead atoms. The fourth-order valence-corrected chi connectivity index (χ4v) is 0.953. The molecule has 0 fully saturated rings. The monoisotopic (exact) mass is 207 g/mol. The molecule has 0 aliphatic rings. The lowest BCUT2D eigenvalue weighted by molar-refractivity contribution is -0.686. The van der Waals surface area contributed by atoms with Crippen LogP contribution in [0, 0.1) is 10.7 Å². The van der Waals surface area contributed by atoms with Crippen molar-refractivity contribution in [3.63, 3.8) is 0 Å². The van der Waals surface area contributed by atoms with Gasteiger partial charge in [0.2, 0.25) is 6.33 Å². The molecule has 0 amide bonds. The maximum atomic E-state index is 7.13. The molecule has 74 valence electrons. The van der Waals surface area contributed by atoms with Gasteiger partial charge in [0.25, 0.3) is 0 Å². The fraction of sp³-hybridized carbons (Fsp3) is 0.200. The second-order valence-electron chi connectivity index (χ2n) is 2.48. The maximum Gasteiger partial charge on any atom is 0.244 e. The van der Waals surface area contributed by atoms with E-state index in [0.717, 1.165) is 13.1 Å². The molecule has 0 radical (unpaired) electrons. The molecule has 0 aliphatic heterocycles. The molecule has 14 heavy (non-hydrogen) atoms. The van der Waals surface area contributed by atoms with Crippen LogP contribution < -0.4 is 4.57 Å². The number of imidazole rings is 1. The van der Waals surface area contributed by atoms with Crippen LogP contribution in [0.4, 0.5) is 0 Å². The number of nitriles is 1. The Kier molecular flexibility index (Phi) is 7.10. The van der Waals surface area contributed by atoms with Crippen molar-refractivity contribution >= 4 is 12.6 Å². The number of allylic oxidation sites excluding steroid dienone is 2. The molecule has 0 saturated heterocycles. The zero-order valence-electron chi connectivity index (χ0n) is 7.97. The zero-order valence-corrected chi connectivity index (χ0v) is 8.78. The summed E-state index contributed by atoms with van der Waals surface area (Å²) in [7, 11) is 0. The minimum atomic E-state index is 0.865. The molecule has 1 heterocycles. The lowest BCUT2D eigenvalue weighted by Gasteiger charge is -1.86. The zero-order chi connectivity index (χ0) is 10.8. The molecule has 0 aromatic carbocycles. The van der Waals surface area contributed by atoms with Gasteiger partial charge in [-0.05, 0) is 0 Å². The molecule has 0 unspecified atom stereocenters. The molecule has 4 heteroatoms. The third-order valence-corrected chi connectivity index (χ3v) is 1.43. The van der Waals surface area contributed by atoms with Crippen LogP contribution in [0.25, 0.3) is 0 Å². The first-order valence-electron chi connectivity index (χ1n) is 4.06. The first-order valence-corrected chi connectivity index (χ1v) is 4.47. The van der Waals surface area contributed by atoms with Crippen molar-refractivity contribution in [3.8, 4) is 5.40 Å². The smallest absolute Gasteiger partial charge is 0.244 e. The minimum absolute atomic E-state index is 0.865. The molecule has 0 N–H and O–H groups in total. The Morgan fingerprint density at radius 2 is 2.14 bits per heavy atom. The van der Waals surface area contributed by atoms with E-state index in [0.29, 0.717) is 0 Å². The van der Waals surface area contributed by atoms with Crippen molar-refractivity contribution in [1.82, 2.24) is 4.57 Å². The number of hydrogen-bond donors (Lipinski definition) is 0. The largest absolute Gasteiger partial charge is 0.696 e. The molecule has 0 aliphatic carbocycles. The van der Waals surface area contributed by atoms with Crippen molar-refractivity contribution in [2.45, 2.75) is 13.1 Å². The van der Waals surface area contributed by atoms with E-state index in [1.165, 1.54) is 5.40 Å². The van der Waals surface area contributed by atoms with Gasteiger partial charge in [-0.15, -0.1) is 0 Å². The molecule has 3 nitrogen and oxygen atoms in total.